The van der Waals surface area contributed by atoms with Crippen molar-refractivity contribution in [1.29, 1.82) is 0 Å². The second-order valence-electron chi connectivity index (χ2n) is 14.9. The Bertz CT molecular complexity index is 1900. The maximum atomic E-state index is 14.6. The fourth-order valence-electron chi connectivity index (χ4n) is 7.81. The van der Waals surface area contributed by atoms with E-state index in [1.807, 2.05) is 54.0 Å². The third-order valence-corrected chi connectivity index (χ3v) is 13.6. The van der Waals surface area contributed by atoms with Crippen LogP contribution in [0.1, 0.15) is 83.6 Å². The van der Waals surface area contributed by atoms with Gasteiger partial charge in [-0.25, -0.2) is 8.42 Å². The average molecular weight is 702 g/mol. The van der Waals surface area contributed by atoms with Crippen molar-refractivity contribution >= 4 is 38.7 Å². The molecular formula is C38H47N5O6S. The molecule has 5 atom stereocenters. The third kappa shape index (κ3) is 6.70. The quantitative estimate of drug-likeness (QED) is 0.319. The summed E-state index contributed by atoms with van der Waals surface area (Å²) in [5.74, 6) is -1.52. The lowest BCUT2D eigenvalue weighted by Gasteiger charge is -2.29. The number of Topliss-reactive ketones (excluding diaryl/α,β-unsaturated/α-hetero) is 1. The summed E-state index contributed by atoms with van der Waals surface area (Å²) in [4.78, 5) is 53.6. The van der Waals surface area contributed by atoms with Crippen LogP contribution >= 0.6 is 0 Å². The number of amides is 2. The van der Waals surface area contributed by atoms with Gasteiger partial charge in [-0.2, -0.15) is 4.98 Å². The fourth-order valence-corrected chi connectivity index (χ4v) is 9.14. The Morgan fingerprint density at radius 1 is 1.10 bits per heavy atom. The number of carbonyl (C=O) groups is 3. The lowest BCUT2D eigenvalue weighted by molar-refractivity contribution is -0.142. The lowest BCUT2D eigenvalue weighted by Crippen LogP contribution is -2.47. The summed E-state index contributed by atoms with van der Waals surface area (Å²) in [6.07, 6.45) is 13.3. The molecule has 7 rings (SSSR count). The molecule has 0 radical (unpaired) electrons. The number of hydrogen-bond acceptors (Lipinski definition) is 8. The van der Waals surface area contributed by atoms with Crippen molar-refractivity contribution in [3.8, 4) is 6.01 Å². The lowest BCUT2D eigenvalue weighted by atomic mass is 9.90. The second-order valence-corrected chi connectivity index (χ2v) is 17.1. The number of allylic oxidation sites excluding steroid dienone is 2. The highest BCUT2D eigenvalue weighted by Gasteiger charge is 2.62. The largest absolute Gasteiger partial charge is 0.459 e. The van der Waals surface area contributed by atoms with Crippen LogP contribution in [0.4, 0.5) is 0 Å². The minimum atomic E-state index is -3.89. The number of ketones is 1. The van der Waals surface area contributed by atoms with E-state index in [1.165, 1.54) is 0 Å². The summed E-state index contributed by atoms with van der Waals surface area (Å²) in [6, 6.07) is 11.4. The number of nitrogens with one attached hydrogen (secondary N) is 1. The molecule has 2 saturated carbocycles. The van der Waals surface area contributed by atoms with Crippen molar-refractivity contribution in [2.75, 3.05) is 6.54 Å². The molecule has 1 aromatic carbocycles. The number of benzene rings is 1. The molecule has 50 heavy (non-hydrogen) atoms. The van der Waals surface area contributed by atoms with Gasteiger partial charge in [0.25, 0.3) is 6.01 Å². The first kappa shape index (κ1) is 34.4. The number of aryl methyl sites for hydroxylation is 1. The zero-order chi connectivity index (χ0) is 35.1. The molecule has 1 saturated heterocycles. The van der Waals surface area contributed by atoms with Crippen LogP contribution in [0.2, 0.25) is 0 Å². The number of ether oxygens (including phenoxy) is 1. The number of aromatic nitrogens is 3. The van der Waals surface area contributed by atoms with Crippen LogP contribution in [0.3, 0.4) is 0 Å². The van der Waals surface area contributed by atoms with Gasteiger partial charge in [-0.3, -0.25) is 28.7 Å². The number of carbonyl (C=O) groups excluding carboxylic acids is 3. The summed E-state index contributed by atoms with van der Waals surface area (Å²) in [5, 5.41) is 0. The Morgan fingerprint density at radius 2 is 1.90 bits per heavy atom. The summed E-state index contributed by atoms with van der Waals surface area (Å²) in [7, 11) is -3.89. The number of rotatable bonds is 8. The number of fused-ring (bicyclic) bond motifs is 3. The first-order chi connectivity index (χ1) is 24.0. The molecule has 1 N–H and O–H groups in total. The van der Waals surface area contributed by atoms with Crippen molar-refractivity contribution in [2.45, 2.75) is 108 Å². The highest BCUT2D eigenvalue weighted by atomic mass is 32.2. The molecule has 0 unspecified atom stereocenters. The second kappa shape index (κ2) is 13.6. The van der Waals surface area contributed by atoms with Gasteiger partial charge in [-0.05, 0) is 76.3 Å². The van der Waals surface area contributed by atoms with E-state index in [-0.39, 0.29) is 42.9 Å². The number of pyridine rings is 1. The van der Waals surface area contributed by atoms with Crippen LogP contribution in [-0.4, -0.2) is 68.9 Å². The Labute approximate surface area is 293 Å². The van der Waals surface area contributed by atoms with Crippen LogP contribution in [0.25, 0.3) is 11.0 Å². The van der Waals surface area contributed by atoms with Crippen LogP contribution in [-0.2, 0) is 37.4 Å². The minimum absolute atomic E-state index is 0.0884. The zero-order valence-corrected chi connectivity index (χ0v) is 29.7. The molecule has 12 heteroatoms. The van der Waals surface area contributed by atoms with Crippen molar-refractivity contribution in [3.05, 3.63) is 66.5 Å². The normalized spacial score (nSPS) is 29.0. The number of nitrogens with zero attached hydrogens (tertiary/aromatic N) is 4. The van der Waals surface area contributed by atoms with Crippen LogP contribution in [0.5, 0.6) is 6.01 Å². The molecule has 4 heterocycles. The highest BCUT2D eigenvalue weighted by molar-refractivity contribution is 7.91. The van der Waals surface area contributed by atoms with Crippen molar-refractivity contribution in [2.24, 2.45) is 17.3 Å². The molecule has 2 aliphatic carbocycles. The third-order valence-electron chi connectivity index (χ3n) is 11.4. The Kier molecular flexibility index (Phi) is 9.34. The summed E-state index contributed by atoms with van der Waals surface area (Å²) >= 11 is 0. The maximum Gasteiger partial charge on any atom is 0.297 e. The van der Waals surface area contributed by atoms with Gasteiger partial charge in [0.1, 0.15) is 6.10 Å². The number of imidazole rings is 1. The van der Waals surface area contributed by atoms with Gasteiger partial charge in [0.05, 0.1) is 40.0 Å². The van der Waals surface area contributed by atoms with Gasteiger partial charge in [0, 0.05) is 31.5 Å². The predicted molar refractivity (Wildman–Crippen MR) is 188 cm³/mol. The van der Waals surface area contributed by atoms with E-state index in [0.29, 0.717) is 44.7 Å². The SMILES string of the molecule is CCn1c(O[C@@H]2C[C@H]3C(=O)C[C@]4(C(=O)NS(=O)(=O)C5(C)CC5)C[C@@H]4/C=C\CCCCC[C@H](Cc4ccccc4)C(=O)N3C2)nc2ccncc21. The van der Waals surface area contributed by atoms with Crippen molar-refractivity contribution in [3.63, 3.8) is 0 Å². The first-order valence-electron chi connectivity index (χ1n) is 18.1. The Morgan fingerprint density at radius 3 is 2.66 bits per heavy atom. The first-order valence-corrected chi connectivity index (χ1v) is 19.6. The number of sulfonamides is 1. The predicted octanol–water partition coefficient (Wildman–Crippen LogP) is 5.14. The molecule has 2 aliphatic heterocycles. The van der Waals surface area contributed by atoms with Crippen molar-refractivity contribution in [1.82, 2.24) is 24.2 Å². The monoisotopic (exact) mass is 701 g/mol. The summed E-state index contributed by atoms with van der Waals surface area (Å²) < 4.78 is 36.1. The molecular weight excluding hydrogens is 655 g/mol. The zero-order valence-electron chi connectivity index (χ0n) is 28.9. The van der Waals surface area contributed by atoms with E-state index in [4.69, 9.17) is 9.72 Å². The van der Waals surface area contributed by atoms with E-state index in [0.717, 1.165) is 42.3 Å². The molecule has 3 aromatic rings. The van der Waals surface area contributed by atoms with Gasteiger partial charge in [-0.15, -0.1) is 0 Å². The fraction of sp³-hybridized carbons (Fsp3) is 0.553. The van der Waals surface area contributed by atoms with Crippen LogP contribution in [0.15, 0.2) is 60.9 Å². The van der Waals surface area contributed by atoms with E-state index in [2.05, 4.69) is 15.8 Å². The standard InChI is InChI=1S/C38H47N5O6S/c1-3-42-32-24-39-19-16-30(32)40-36(42)49-29-21-31-33(44)23-38(35(46)41-50(47,48)37(2)17-18-37)22-28(38)15-11-6-4-5-10-14-27(34(45)43(31)25-29)20-26-12-8-7-9-13-26/h7-9,11-13,15-16,19,24,27-29,31H,3-6,10,14,17-18,20-23,25H2,1-2H3,(H,41,46)/b15-11-/t27-,28+,29-,31+,38-/m1/s1. The molecule has 266 valence electrons. The van der Waals surface area contributed by atoms with E-state index >= 15 is 0 Å². The van der Waals surface area contributed by atoms with Gasteiger partial charge < -0.3 is 9.64 Å². The van der Waals surface area contributed by atoms with Crippen LogP contribution in [0, 0.1) is 17.3 Å². The van der Waals surface area contributed by atoms with Gasteiger partial charge in [0.2, 0.25) is 21.8 Å². The molecule has 0 spiro atoms. The van der Waals surface area contributed by atoms with E-state index in [1.54, 1.807) is 24.2 Å². The Balaban J connectivity index is 1.20. The van der Waals surface area contributed by atoms with E-state index in [9.17, 15) is 22.8 Å². The number of hydrogen-bond donors (Lipinski definition) is 1. The van der Waals surface area contributed by atoms with Gasteiger partial charge >= 0.3 is 0 Å². The molecule has 4 aliphatic rings. The van der Waals surface area contributed by atoms with Gasteiger partial charge in [0.15, 0.2) is 5.78 Å². The smallest absolute Gasteiger partial charge is 0.297 e. The molecule has 2 amide bonds. The van der Waals surface area contributed by atoms with Gasteiger partial charge in [-0.1, -0.05) is 55.3 Å². The minimum Gasteiger partial charge on any atom is -0.459 e. The molecule has 11 nitrogen and oxygen atoms in total. The topological polar surface area (TPSA) is 141 Å². The van der Waals surface area contributed by atoms with Crippen LogP contribution < -0.4 is 9.46 Å². The van der Waals surface area contributed by atoms with E-state index < -0.39 is 38.2 Å². The average Bonchev–Trinajstić information content (AvgIpc) is 3.93. The molecule has 0 bridgehead atoms. The summed E-state index contributed by atoms with van der Waals surface area (Å²) in [5.41, 5.74) is 1.47. The maximum absolute atomic E-state index is 14.6. The Hall–Kier alpha value is -4.06. The molecule has 2 aromatic heterocycles. The van der Waals surface area contributed by atoms with Crippen molar-refractivity contribution < 1.29 is 27.5 Å². The highest BCUT2D eigenvalue weighted by Crippen LogP contribution is 2.57. The summed E-state index contributed by atoms with van der Waals surface area (Å²) in [6.45, 7) is 4.45. The molecule has 3 fully saturated rings.